The summed E-state index contributed by atoms with van der Waals surface area (Å²) in [4.78, 5) is 25.1. The highest BCUT2D eigenvalue weighted by atomic mass is 16.5. The van der Waals surface area contributed by atoms with Crippen molar-refractivity contribution in [3.63, 3.8) is 0 Å². The zero-order valence-electron chi connectivity index (χ0n) is 15.7. The van der Waals surface area contributed by atoms with Crippen molar-refractivity contribution in [3.05, 3.63) is 63.1 Å². The molecule has 0 radical (unpaired) electrons. The summed E-state index contributed by atoms with van der Waals surface area (Å²) >= 11 is 0. The number of carbonyl (C=O) groups excluding carboxylic acids is 1. The quantitative estimate of drug-likeness (QED) is 0.918. The van der Waals surface area contributed by atoms with Gasteiger partial charge >= 0.3 is 0 Å². The Morgan fingerprint density at radius 2 is 2.12 bits per heavy atom. The summed E-state index contributed by atoms with van der Waals surface area (Å²) in [5, 5.41) is 2.95. The lowest BCUT2D eigenvalue weighted by Gasteiger charge is -2.16. The van der Waals surface area contributed by atoms with Crippen molar-refractivity contribution in [1.82, 2.24) is 9.88 Å². The number of hydrogen-bond donors (Lipinski definition) is 1. The molecule has 1 aromatic carbocycles. The third-order valence-corrected chi connectivity index (χ3v) is 5.15. The molecular weight excluding hydrogens is 328 g/mol. The van der Waals surface area contributed by atoms with Crippen LogP contribution in [0, 0.1) is 12.8 Å². The van der Waals surface area contributed by atoms with Gasteiger partial charge in [-0.05, 0) is 55.4 Å². The predicted octanol–water partition coefficient (Wildman–Crippen LogP) is 2.63. The molecule has 0 fully saturated rings. The van der Waals surface area contributed by atoms with Gasteiger partial charge in [0.25, 0.3) is 11.5 Å². The van der Waals surface area contributed by atoms with Gasteiger partial charge in [0.05, 0.1) is 6.61 Å². The Labute approximate surface area is 154 Å². The average molecular weight is 354 g/mol. The molecule has 5 heteroatoms. The maximum Gasteiger partial charge on any atom is 0.263 e. The SMILES string of the molecule is CCc1c(C)cc(C(=O)NC[C@@H]2CCOc3ccccc3C2)c(=O)n1C. The fourth-order valence-corrected chi connectivity index (χ4v) is 3.68. The summed E-state index contributed by atoms with van der Waals surface area (Å²) in [5.74, 6) is 0.929. The van der Waals surface area contributed by atoms with E-state index in [0.29, 0.717) is 19.1 Å². The van der Waals surface area contributed by atoms with Gasteiger partial charge in [-0.2, -0.15) is 0 Å². The first-order chi connectivity index (χ1) is 12.5. The summed E-state index contributed by atoms with van der Waals surface area (Å²) in [6.07, 6.45) is 2.50. The number of rotatable bonds is 4. The molecule has 0 bridgehead atoms. The second-order valence-electron chi connectivity index (χ2n) is 6.93. The van der Waals surface area contributed by atoms with Gasteiger partial charge in [-0.1, -0.05) is 25.1 Å². The van der Waals surface area contributed by atoms with Crippen molar-refractivity contribution in [1.29, 1.82) is 0 Å². The van der Waals surface area contributed by atoms with Gasteiger partial charge in [-0.15, -0.1) is 0 Å². The standard InChI is InChI=1S/C21H26N2O3/c1-4-18-14(2)11-17(21(25)23(18)3)20(24)22-13-15-9-10-26-19-8-6-5-7-16(19)12-15/h5-8,11,15H,4,9-10,12-13H2,1-3H3,(H,22,24)/t15-/m1/s1. The Bertz CT molecular complexity index is 870. The third kappa shape index (κ3) is 3.66. The van der Waals surface area contributed by atoms with Crippen LogP contribution in [0.15, 0.2) is 35.1 Å². The number of para-hydroxylation sites is 1. The maximum atomic E-state index is 12.6. The summed E-state index contributed by atoms with van der Waals surface area (Å²) in [6, 6.07) is 9.74. The molecule has 1 aliphatic heterocycles. The number of carbonyl (C=O) groups is 1. The molecule has 0 saturated carbocycles. The molecule has 0 unspecified atom stereocenters. The van der Waals surface area contributed by atoms with Crippen LogP contribution >= 0.6 is 0 Å². The lowest BCUT2D eigenvalue weighted by molar-refractivity contribution is 0.0943. The van der Waals surface area contributed by atoms with Crippen LogP contribution in [0.2, 0.25) is 0 Å². The molecule has 0 aliphatic carbocycles. The van der Waals surface area contributed by atoms with Crippen molar-refractivity contribution in [2.75, 3.05) is 13.2 Å². The number of aryl methyl sites for hydroxylation is 1. The molecule has 5 nitrogen and oxygen atoms in total. The van der Waals surface area contributed by atoms with E-state index >= 15 is 0 Å². The highest BCUT2D eigenvalue weighted by Crippen LogP contribution is 2.26. The van der Waals surface area contributed by atoms with Gasteiger partial charge < -0.3 is 14.6 Å². The fraction of sp³-hybridized carbons (Fsp3) is 0.429. The zero-order valence-corrected chi connectivity index (χ0v) is 15.7. The molecule has 26 heavy (non-hydrogen) atoms. The van der Waals surface area contributed by atoms with E-state index in [4.69, 9.17) is 4.74 Å². The Hall–Kier alpha value is -2.56. The lowest BCUT2D eigenvalue weighted by Crippen LogP contribution is -2.36. The van der Waals surface area contributed by atoms with E-state index in [1.54, 1.807) is 17.7 Å². The number of pyridine rings is 1. The summed E-state index contributed by atoms with van der Waals surface area (Å²) in [6.45, 7) is 5.12. The number of amides is 1. The molecule has 1 aromatic heterocycles. The van der Waals surface area contributed by atoms with Crippen LogP contribution in [0.4, 0.5) is 0 Å². The second kappa shape index (κ2) is 7.77. The molecule has 1 N–H and O–H groups in total. The number of ether oxygens (including phenoxy) is 1. The van der Waals surface area contributed by atoms with E-state index in [9.17, 15) is 9.59 Å². The number of fused-ring (bicyclic) bond motifs is 1. The first kappa shape index (κ1) is 18.2. The van der Waals surface area contributed by atoms with Gasteiger partial charge in [0.2, 0.25) is 0 Å². The molecule has 0 saturated heterocycles. The van der Waals surface area contributed by atoms with E-state index in [1.807, 2.05) is 32.0 Å². The third-order valence-electron chi connectivity index (χ3n) is 5.15. The lowest BCUT2D eigenvalue weighted by atomic mass is 9.97. The van der Waals surface area contributed by atoms with E-state index < -0.39 is 0 Å². The first-order valence-electron chi connectivity index (χ1n) is 9.19. The van der Waals surface area contributed by atoms with Crippen LogP contribution in [0.3, 0.4) is 0 Å². The molecule has 2 aromatic rings. The van der Waals surface area contributed by atoms with Crippen LogP contribution in [0.5, 0.6) is 5.75 Å². The van der Waals surface area contributed by atoms with E-state index in [2.05, 4.69) is 11.4 Å². The van der Waals surface area contributed by atoms with Crippen LogP contribution in [-0.2, 0) is 19.9 Å². The minimum atomic E-state index is -0.296. The maximum absolute atomic E-state index is 12.6. The first-order valence-corrected chi connectivity index (χ1v) is 9.19. The van der Waals surface area contributed by atoms with Crippen molar-refractivity contribution >= 4 is 5.91 Å². The molecule has 1 amide bonds. The van der Waals surface area contributed by atoms with Crippen LogP contribution in [-0.4, -0.2) is 23.6 Å². The Morgan fingerprint density at radius 3 is 2.88 bits per heavy atom. The van der Waals surface area contributed by atoms with Crippen LogP contribution < -0.4 is 15.6 Å². The number of nitrogens with zero attached hydrogens (tertiary/aromatic N) is 1. The van der Waals surface area contributed by atoms with E-state index in [-0.39, 0.29) is 17.0 Å². The Morgan fingerprint density at radius 1 is 1.35 bits per heavy atom. The minimum Gasteiger partial charge on any atom is -0.493 e. The van der Waals surface area contributed by atoms with Crippen molar-refractivity contribution in [2.45, 2.75) is 33.1 Å². The highest BCUT2D eigenvalue weighted by Gasteiger charge is 2.20. The second-order valence-corrected chi connectivity index (χ2v) is 6.93. The van der Waals surface area contributed by atoms with E-state index in [1.165, 1.54) is 5.56 Å². The predicted molar refractivity (Wildman–Crippen MR) is 102 cm³/mol. The van der Waals surface area contributed by atoms with Gasteiger partial charge in [0, 0.05) is 19.3 Å². The minimum absolute atomic E-state index is 0.215. The highest BCUT2D eigenvalue weighted by molar-refractivity contribution is 5.94. The van der Waals surface area contributed by atoms with Gasteiger partial charge in [-0.25, -0.2) is 0 Å². The number of aromatic nitrogens is 1. The van der Waals surface area contributed by atoms with Crippen molar-refractivity contribution in [3.8, 4) is 5.75 Å². The average Bonchev–Trinajstić information content (AvgIpc) is 2.85. The largest absolute Gasteiger partial charge is 0.493 e. The number of benzene rings is 1. The van der Waals surface area contributed by atoms with Crippen LogP contribution in [0.1, 0.15) is 40.5 Å². The smallest absolute Gasteiger partial charge is 0.263 e. The van der Waals surface area contributed by atoms with Gasteiger partial charge in [-0.3, -0.25) is 9.59 Å². The zero-order chi connectivity index (χ0) is 18.7. The topological polar surface area (TPSA) is 60.3 Å². The summed E-state index contributed by atoms with van der Waals surface area (Å²) < 4.78 is 7.36. The van der Waals surface area contributed by atoms with Gasteiger partial charge in [0.15, 0.2) is 0 Å². The van der Waals surface area contributed by atoms with Crippen molar-refractivity contribution in [2.24, 2.45) is 13.0 Å². The Kier molecular flexibility index (Phi) is 5.45. The van der Waals surface area contributed by atoms with Crippen LogP contribution in [0.25, 0.3) is 0 Å². The molecule has 1 atom stereocenters. The van der Waals surface area contributed by atoms with E-state index in [0.717, 1.165) is 36.3 Å². The molecule has 1 aliphatic rings. The molecule has 138 valence electrons. The molecule has 3 rings (SSSR count). The number of hydrogen-bond acceptors (Lipinski definition) is 3. The molecular formula is C21H26N2O3. The molecule has 2 heterocycles. The number of nitrogens with one attached hydrogen (secondary N) is 1. The summed E-state index contributed by atoms with van der Waals surface area (Å²) in [7, 11) is 1.73. The van der Waals surface area contributed by atoms with Gasteiger partial charge in [0.1, 0.15) is 11.3 Å². The summed E-state index contributed by atoms with van der Waals surface area (Å²) in [5.41, 5.74) is 3.08. The van der Waals surface area contributed by atoms with Crippen molar-refractivity contribution < 1.29 is 9.53 Å². The molecule has 0 spiro atoms. The fourth-order valence-electron chi connectivity index (χ4n) is 3.68. The monoisotopic (exact) mass is 354 g/mol. The normalized spacial score (nSPS) is 16.3. The Balaban J connectivity index is 1.71.